The summed E-state index contributed by atoms with van der Waals surface area (Å²) >= 11 is 0. The van der Waals surface area contributed by atoms with Gasteiger partial charge >= 0.3 is 18.3 Å². The summed E-state index contributed by atoms with van der Waals surface area (Å²) in [6.07, 6.45) is -10.1. The summed E-state index contributed by atoms with van der Waals surface area (Å²) in [6, 6.07) is 10.4. The van der Waals surface area contributed by atoms with Gasteiger partial charge in [-0.3, -0.25) is 4.79 Å². The van der Waals surface area contributed by atoms with Crippen molar-refractivity contribution >= 4 is 11.9 Å². The second-order valence-corrected chi connectivity index (χ2v) is 9.76. The van der Waals surface area contributed by atoms with Crippen molar-refractivity contribution in [2.45, 2.75) is 62.0 Å². The molecule has 0 aliphatic heterocycles. The van der Waals surface area contributed by atoms with Gasteiger partial charge in [0, 0.05) is 5.41 Å². The molecule has 2 aromatic rings. The normalized spacial score (nSPS) is 22.7. The Bertz CT molecular complexity index is 1130. The first-order valence-corrected chi connectivity index (χ1v) is 12.2. The van der Waals surface area contributed by atoms with Crippen molar-refractivity contribution in [3.05, 3.63) is 70.8 Å². The van der Waals surface area contributed by atoms with E-state index >= 15 is 0 Å². The standard InChI is InChI=1S/C27H30F6N2O4/c1-17(18-12-20(26(28,29)30)14-21(13-18)27(31,32)33)39-16-24(19-6-4-3-5-7-19)8-10-25(11-9-24,23(37)38-2)35-22(36)15-34/h3-7,12-14,17H,8-11,15-16,34H2,1-2H3,(H,35,36)/t17-,24?,25?/m1/s1. The van der Waals surface area contributed by atoms with Crippen LogP contribution in [0.15, 0.2) is 48.5 Å². The number of ether oxygens (including phenoxy) is 2. The number of hydrogen-bond donors (Lipinski definition) is 2. The number of amides is 1. The van der Waals surface area contributed by atoms with E-state index in [1.165, 1.54) is 14.0 Å². The van der Waals surface area contributed by atoms with Crippen molar-refractivity contribution in [1.29, 1.82) is 0 Å². The van der Waals surface area contributed by atoms with Crippen LogP contribution in [0.2, 0.25) is 0 Å². The van der Waals surface area contributed by atoms with Crippen molar-refractivity contribution in [1.82, 2.24) is 5.32 Å². The highest BCUT2D eigenvalue weighted by atomic mass is 19.4. The molecule has 0 aromatic heterocycles. The van der Waals surface area contributed by atoms with E-state index in [9.17, 15) is 35.9 Å². The zero-order valence-electron chi connectivity index (χ0n) is 21.4. The van der Waals surface area contributed by atoms with E-state index in [0.717, 1.165) is 5.56 Å². The lowest BCUT2D eigenvalue weighted by atomic mass is 9.64. The van der Waals surface area contributed by atoms with Crippen molar-refractivity contribution in [2.24, 2.45) is 5.73 Å². The van der Waals surface area contributed by atoms with Crippen LogP contribution in [0.4, 0.5) is 26.3 Å². The highest BCUT2D eigenvalue weighted by Crippen LogP contribution is 2.45. The molecular formula is C27H30F6N2O4. The zero-order chi connectivity index (χ0) is 29.1. The predicted molar refractivity (Wildman–Crippen MR) is 129 cm³/mol. The molecule has 2 aromatic carbocycles. The summed E-state index contributed by atoms with van der Waals surface area (Å²) in [7, 11) is 1.20. The number of esters is 1. The lowest BCUT2D eigenvalue weighted by Crippen LogP contribution is -2.60. The molecule has 0 unspecified atom stereocenters. The molecule has 0 radical (unpaired) electrons. The highest BCUT2D eigenvalue weighted by molar-refractivity contribution is 5.89. The minimum Gasteiger partial charge on any atom is -0.467 e. The Hall–Kier alpha value is -3.12. The first kappa shape index (κ1) is 30.4. The van der Waals surface area contributed by atoms with Gasteiger partial charge in [0.25, 0.3) is 0 Å². The summed E-state index contributed by atoms with van der Waals surface area (Å²) in [5, 5.41) is 2.66. The largest absolute Gasteiger partial charge is 0.467 e. The van der Waals surface area contributed by atoms with Gasteiger partial charge in [-0.2, -0.15) is 26.3 Å². The first-order chi connectivity index (χ1) is 18.2. The number of alkyl halides is 6. The van der Waals surface area contributed by atoms with E-state index in [4.69, 9.17) is 15.2 Å². The van der Waals surface area contributed by atoms with Gasteiger partial charge in [-0.15, -0.1) is 0 Å². The van der Waals surface area contributed by atoms with E-state index in [0.29, 0.717) is 25.0 Å². The van der Waals surface area contributed by atoms with E-state index < -0.39 is 52.4 Å². The summed E-state index contributed by atoms with van der Waals surface area (Å²) in [6.45, 7) is 0.995. The van der Waals surface area contributed by atoms with Crippen LogP contribution in [0.1, 0.15) is 61.0 Å². The van der Waals surface area contributed by atoms with Gasteiger partial charge in [-0.25, -0.2) is 4.79 Å². The molecule has 1 amide bonds. The molecule has 3 N–H and O–H groups in total. The van der Waals surface area contributed by atoms with E-state index in [2.05, 4.69) is 5.32 Å². The Morgan fingerprint density at radius 3 is 1.95 bits per heavy atom. The number of nitrogens with one attached hydrogen (secondary N) is 1. The maximum Gasteiger partial charge on any atom is 0.416 e. The Balaban J connectivity index is 1.91. The second-order valence-electron chi connectivity index (χ2n) is 9.76. The van der Waals surface area contributed by atoms with E-state index in [1.54, 1.807) is 18.2 Å². The van der Waals surface area contributed by atoms with Crippen molar-refractivity contribution in [3.8, 4) is 0 Å². The average molecular weight is 561 g/mol. The SMILES string of the molecule is COC(=O)C1(NC(=O)CN)CCC(CO[C@H](C)c2cc(C(F)(F)F)cc(C(F)(F)F)c2)(c2ccccc2)CC1. The predicted octanol–water partition coefficient (Wildman–Crippen LogP) is 5.30. The zero-order valence-corrected chi connectivity index (χ0v) is 21.4. The third-order valence-electron chi connectivity index (χ3n) is 7.28. The monoisotopic (exact) mass is 560 g/mol. The number of methoxy groups -OCH3 is 1. The van der Waals surface area contributed by atoms with Crippen LogP contribution >= 0.6 is 0 Å². The third kappa shape index (κ3) is 6.91. The molecule has 1 aliphatic carbocycles. The van der Waals surface area contributed by atoms with Gasteiger partial charge < -0.3 is 20.5 Å². The first-order valence-electron chi connectivity index (χ1n) is 12.2. The molecule has 6 nitrogen and oxygen atoms in total. The lowest BCUT2D eigenvalue weighted by molar-refractivity contribution is -0.153. The molecule has 214 valence electrons. The third-order valence-corrected chi connectivity index (χ3v) is 7.28. The van der Waals surface area contributed by atoms with Crippen LogP contribution in [0.3, 0.4) is 0 Å². The number of halogens is 6. The molecule has 1 saturated carbocycles. The van der Waals surface area contributed by atoms with Crippen LogP contribution in [0.25, 0.3) is 0 Å². The number of benzene rings is 2. The minimum absolute atomic E-state index is 0.0577. The molecule has 0 bridgehead atoms. The second kappa shape index (κ2) is 11.5. The van der Waals surface area contributed by atoms with E-state index in [-0.39, 0.29) is 37.6 Å². The highest BCUT2D eigenvalue weighted by Gasteiger charge is 2.49. The van der Waals surface area contributed by atoms with Crippen LogP contribution in [-0.4, -0.2) is 37.7 Å². The van der Waals surface area contributed by atoms with Crippen LogP contribution < -0.4 is 11.1 Å². The molecule has 1 aliphatic rings. The molecule has 1 atom stereocenters. The summed E-state index contributed by atoms with van der Waals surface area (Å²) in [5.41, 5.74) is 1.07. The molecule has 3 rings (SSSR count). The lowest BCUT2D eigenvalue weighted by Gasteiger charge is -2.45. The fraction of sp³-hybridized carbons (Fsp3) is 0.481. The van der Waals surface area contributed by atoms with Crippen molar-refractivity contribution < 1.29 is 45.4 Å². The van der Waals surface area contributed by atoms with Crippen molar-refractivity contribution in [2.75, 3.05) is 20.3 Å². The van der Waals surface area contributed by atoms with Gasteiger partial charge in [0.2, 0.25) is 5.91 Å². The fourth-order valence-electron chi connectivity index (χ4n) is 4.95. The maximum atomic E-state index is 13.4. The molecule has 0 spiro atoms. The number of hydrogen-bond acceptors (Lipinski definition) is 5. The molecule has 1 fully saturated rings. The number of nitrogens with two attached hydrogens (primary N) is 1. The van der Waals surface area contributed by atoms with Gasteiger partial charge in [-0.05, 0) is 61.9 Å². The summed E-state index contributed by atoms with van der Waals surface area (Å²) < 4.78 is 91.0. The van der Waals surface area contributed by atoms with Crippen molar-refractivity contribution in [3.63, 3.8) is 0 Å². The molecular weight excluding hydrogens is 530 g/mol. The molecule has 0 saturated heterocycles. The Labute approximate surface area is 221 Å². The summed E-state index contributed by atoms with van der Waals surface area (Å²) in [4.78, 5) is 24.7. The fourth-order valence-corrected chi connectivity index (χ4v) is 4.95. The van der Waals surface area contributed by atoms with Gasteiger partial charge in [-0.1, -0.05) is 30.3 Å². The number of rotatable bonds is 8. The quantitative estimate of drug-likeness (QED) is 0.338. The Morgan fingerprint density at radius 2 is 1.49 bits per heavy atom. The van der Waals surface area contributed by atoms with Crippen LogP contribution in [-0.2, 0) is 36.8 Å². The van der Waals surface area contributed by atoms with E-state index in [1.807, 2.05) is 12.1 Å². The number of carbonyl (C=O) groups excluding carboxylic acids is 2. The van der Waals surface area contributed by atoms with Crippen LogP contribution in [0, 0.1) is 0 Å². The maximum absolute atomic E-state index is 13.4. The van der Waals surface area contributed by atoms with Gasteiger partial charge in [0.15, 0.2) is 0 Å². The average Bonchev–Trinajstić information content (AvgIpc) is 2.91. The topological polar surface area (TPSA) is 90.7 Å². The van der Waals surface area contributed by atoms with Gasteiger partial charge in [0.05, 0.1) is 37.5 Å². The smallest absolute Gasteiger partial charge is 0.416 e. The summed E-state index contributed by atoms with van der Waals surface area (Å²) in [5.74, 6) is -1.17. The Kier molecular flexibility index (Phi) is 9.01. The molecule has 39 heavy (non-hydrogen) atoms. The Morgan fingerprint density at radius 1 is 0.949 bits per heavy atom. The van der Waals surface area contributed by atoms with Gasteiger partial charge in [0.1, 0.15) is 5.54 Å². The molecule has 0 heterocycles. The molecule has 12 heteroatoms. The minimum atomic E-state index is -4.98. The number of carbonyl (C=O) groups is 2. The van der Waals surface area contributed by atoms with Crippen LogP contribution in [0.5, 0.6) is 0 Å².